The van der Waals surface area contributed by atoms with Crippen LogP contribution in [0.25, 0.3) is 0 Å². The van der Waals surface area contributed by atoms with Gasteiger partial charge < -0.3 is 15.3 Å². The van der Waals surface area contributed by atoms with E-state index in [1.54, 1.807) is 12.1 Å². The predicted octanol–water partition coefficient (Wildman–Crippen LogP) is 4.15. The number of anilines is 1. The molecule has 0 aliphatic carbocycles. The third kappa shape index (κ3) is 5.92. The number of rotatable bonds is 7. The highest BCUT2D eigenvalue weighted by atomic mass is 35.5. The van der Waals surface area contributed by atoms with Crippen molar-refractivity contribution in [2.75, 3.05) is 44.2 Å². The smallest absolute Gasteiger partial charge is 0.256 e. The van der Waals surface area contributed by atoms with E-state index in [0.29, 0.717) is 22.2 Å². The molecule has 3 rings (SSSR count). The van der Waals surface area contributed by atoms with Gasteiger partial charge in [-0.15, -0.1) is 0 Å². The molecule has 2 aromatic carbocycles. The van der Waals surface area contributed by atoms with Crippen molar-refractivity contribution in [2.24, 2.45) is 0 Å². The number of amides is 1. The van der Waals surface area contributed by atoms with Crippen LogP contribution < -0.4 is 10.2 Å². The van der Waals surface area contributed by atoms with E-state index in [4.69, 9.17) is 23.2 Å². The molecule has 2 aromatic rings. The summed E-state index contributed by atoms with van der Waals surface area (Å²) in [4.78, 5) is 17.4. The van der Waals surface area contributed by atoms with E-state index in [1.165, 1.54) is 29.8 Å². The van der Waals surface area contributed by atoms with Crippen molar-refractivity contribution >= 4 is 34.8 Å². The molecule has 0 radical (unpaired) electrons. The average molecular weight is 464 g/mol. The van der Waals surface area contributed by atoms with Crippen LogP contribution in [-0.2, 0) is 10.4 Å². The van der Waals surface area contributed by atoms with Crippen LogP contribution in [0.4, 0.5) is 5.69 Å². The Labute approximate surface area is 194 Å². The van der Waals surface area contributed by atoms with Crippen LogP contribution in [0.1, 0.15) is 30.0 Å². The number of benzene rings is 2. The Balaban J connectivity index is 1.42. The van der Waals surface area contributed by atoms with Crippen molar-refractivity contribution in [3.05, 3.63) is 63.1 Å². The molecule has 1 amide bonds. The van der Waals surface area contributed by atoms with Gasteiger partial charge in [0.25, 0.3) is 5.91 Å². The summed E-state index contributed by atoms with van der Waals surface area (Å²) in [5, 5.41) is 14.2. The lowest BCUT2D eigenvalue weighted by atomic mass is 9.95. The number of piperazine rings is 1. The Kier molecular flexibility index (Phi) is 7.87. The summed E-state index contributed by atoms with van der Waals surface area (Å²) in [6.07, 6.45) is 0.826. The van der Waals surface area contributed by atoms with E-state index in [9.17, 15) is 9.90 Å². The number of nitrogens with one attached hydrogen (secondary N) is 1. The maximum absolute atomic E-state index is 12.5. The van der Waals surface area contributed by atoms with E-state index in [1.807, 2.05) is 0 Å². The first kappa shape index (κ1) is 23.9. The zero-order valence-electron chi connectivity index (χ0n) is 18.4. The van der Waals surface area contributed by atoms with Gasteiger partial charge in [0.2, 0.25) is 0 Å². The molecule has 1 heterocycles. The molecule has 0 saturated carbocycles. The van der Waals surface area contributed by atoms with Crippen LogP contribution in [0.15, 0.2) is 36.4 Å². The van der Waals surface area contributed by atoms with Gasteiger partial charge in [-0.05, 0) is 68.6 Å². The second kappa shape index (κ2) is 10.2. The normalized spacial score (nSPS) is 16.8. The maximum Gasteiger partial charge on any atom is 0.256 e. The fourth-order valence-electron chi connectivity index (χ4n) is 3.88. The number of halogens is 2. The first-order chi connectivity index (χ1) is 14.7. The summed E-state index contributed by atoms with van der Waals surface area (Å²) in [5.41, 5.74) is 2.69. The molecule has 168 valence electrons. The van der Waals surface area contributed by atoms with Crippen LogP contribution in [-0.4, -0.2) is 55.2 Å². The third-order valence-electron chi connectivity index (χ3n) is 5.94. The monoisotopic (exact) mass is 463 g/mol. The highest BCUT2D eigenvalue weighted by molar-refractivity contribution is 6.42. The molecule has 0 spiro atoms. The molecule has 1 saturated heterocycles. The topological polar surface area (TPSA) is 55.8 Å². The molecule has 0 aromatic heterocycles. The van der Waals surface area contributed by atoms with Crippen LogP contribution in [0.5, 0.6) is 0 Å². The van der Waals surface area contributed by atoms with Crippen molar-refractivity contribution in [1.29, 1.82) is 0 Å². The van der Waals surface area contributed by atoms with Crippen LogP contribution in [0.2, 0.25) is 10.0 Å². The van der Waals surface area contributed by atoms with E-state index >= 15 is 0 Å². The molecule has 1 fully saturated rings. The largest absolute Gasteiger partial charge is 0.376 e. The van der Waals surface area contributed by atoms with Gasteiger partial charge in [0.1, 0.15) is 0 Å². The minimum atomic E-state index is -1.66. The molecule has 1 aliphatic heterocycles. The van der Waals surface area contributed by atoms with Gasteiger partial charge >= 0.3 is 0 Å². The van der Waals surface area contributed by atoms with Crippen LogP contribution in [0.3, 0.4) is 0 Å². The summed E-state index contributed by atoms with van der Waals surface area (Å²) in [6, 6.07) is 11.3. The standard InChI is InChI=1S/C24H31Cl2N3O2/c1-17-5-6-18(2)22(15-17)29-13-11-28(12-14-29)10-4-9-27-23(30)24(3,31)19-7-8-20(25)21(26)16-19/h5-8,15-16,31H,4,9-14H2,1-3H3,(H,27,30). The van der Waals surface area contributed by atoms with Crippen molar-refractivity contribution in [2.45, 2.75) is 32.8 Å². The van der Waals surface area contributed by atoms with Crippen molar-refractivity contribution in [1.82, 2.24) is 10.2 Å². The Hall–Kier alpha value is -1.79. The lowest BCUT2D eigenvalue weighted by Gasteiger charge is -2.37. The van der Waals surface area contributed by atoms with Crippen molar-refractivity contribution in [3.8, 4) is 0 Å². The van der Waals surface area contributed by atoms with E-state index in [0.717, 1.165) is 39.1 Å². The number of aliphatic hydroxyl groups is 1. The molecule has 1 unspecified atom stereocenters. The third-order valence-corrected chi connectivity index (χ3v) is 6.68. The predicted molar refractivity (Wildman–Crippen MR) is 128 cm³/mol. The fourth-order valence-corrected chi connectivity index (χ4v) is 4.18. The van der Waals surface area contributed by atoms with Gasteiger partial charge in [-0.1, -0.05) is 41.4 Å². The molecule has 1 atom stereocenters. The number of aryl methyl sites for hydroxylation is 2. The zero-order valence-corrected chi connectivity index (χ0v) is 19.9. The lowest BCUT2D eigenvalue weighted by Crippen LogP contribution is -2.47. The highest BCUT2D eigenvalue weighted by Gasteiger charge is 2.32. The average Bonchev–Trinajstić information content (AvgIpc) is 2.75. The first-order valence-corrected chi connectivity index (χ1v) is 11.4. The zero-order chi connectivity index (χ0) is 22.6. The summed E-state index contributed by atoms with van der Waals surface area (Å²) >= 11 is 11.9. The quantitative estimate of drug-likeness (QED) is 0.605. The first-order valence-electron chi connectivity index (χ1n) is 10.7. The van der Waals surface area contributed by atoms with Crippen LogP contribution >= 0.6 is 23.2 Å². The number of nitrogens with zero attached hydrogens (tertiary/aromatic N) is 2. The number of hydrogen-bond acceptors (Lipinski definition) is 4. The molecule has 7 heteroatoms. The summed E-state index contributed by atoms with van der Waals surface area (Å²) < 4.78 is 0. The van der Waals surface area contributed by atoms with Gasteiger partial charge in [0.05, 0.1) is 10.0 Å². The molecule has 2 N–H and O–H groups in total. The van der Waals surface area contributed by atoms with Gasteiger partial charge in [-0.3, -0.25) is 9.69 Å². The molecule has 0 bridgehead atoms. The second-order valence-electron chi connectivity index (χ2n) is 8.43. The highest BCUT2D eigenvalue weighted by Crippen LogP contribution is 2.29. The summed E-state index contributed by atoms with van der Waals surface area (Å²) in [7, 11) is 0. The Morgan fingerprint density at radius 1 is 1.06 bits per heavy atom. The Bertz CT molecular complexity index is 925. The minimum absolute atomic E-state index is 0.312. The Morgan fingerprint density at radius 3 is 2.45 bits per heavy atom. The molecule has 5 nitrogen and oxygen atoms in total. The molecule has 31 heavy (non-hydrogen) atoms. The molecule has 1 aliphatic rings. The van der Waals surface area contributed by atoms with Gasteiger partial charge in [-0.2, -0.15) is 0 Å². The van der Waals surface area contributed by atoms with Gasteiger partial charge in [0, 0.05) is 38.4 Å². The van der Waals surface area contributed by atoms with Crippen molar-refractivity contribution < 1.29 is 9.90 Å². The van der Waals surface area contributed by atoms with Gasteiger partial charge in [0.15, 0.2) is 5.60 Å². The minimum Gasteiger partial charge on any atom is -0.376 e. The fraction of sp³-hybridized carbons (Fsp3) is 0.458. The summed E-state index contributed by atoms with van der Waals surface area (Å²) in [5.74, 6) is -0.439. The second-order valence-corrected chi connectivity index (χ2v) is 9.24. The Morgan fingerprint density at radius 2 is 1.77 bits per heavy atom. The number of carbonyl (C=O) groups excluding carboxylic acids is 1. The van der Waals surface area contributed by atoms with Crippen molar-refractivity contribution in [3.63, 3.8) is 0 Å². The van der Waals surface area contributed by atoms with Crippen LogP contribution in [0, 0.1) is 13.8 Å². The lowest BCUT2D eigenvalue weighted by molar-refractivity contribution is -0.139. The van der Waals surface area contributed by atoms with E-state index in [-0.39, 0.29) is 0 Å². The van der Waals surface area contributed by atoms with E-state index < -0.39 is 11.5 Å². The molecular formula is C24H31Cl2N3O2. The number of carbonyl (C=O) groups is 1. The van der Waals surface area contributed by atoms with Gasteiger partial charge in [-0.25, -0.2) is 0 Å². The maximum atomic E-state index is 12.5. The SMILES string of the molecule is Cc1ccc(C)c(N2CCN(CCCNC(=O)C(C)(O)c3ccc(Cl)c(Cl)c3)CC2)c1. The summed E-state index contributed by atoms with van der Waals surface area (Å²) in [6.45, 7) is 11.2. The number of hydrogen-bond donors (Lipinski definition) is 2. The molecular weight excluding hydrogens is 433 g/mol. The van der Waals surface area contributed by atoms with E-state index in [2.05, 4.69) is 47.2 Å².